The highest BCUT2D eigenvalue weighted by atomic mass is 16.6. The molecule has 0 saturated heterocycles. The zero-order valence-electron chi connectivity index (χ0n) is 21.0. The lowest BCUT2D eigenvalue weighted by Gasteiger charge is -2.68. The summed E-state index contributed by atoms with van der Waals surface area (Å²) in [4.78, 5) is 36.8. The van der Waals surface area contributed by atoms with Crippen LogP contribution in [0, 0.1) is 23.2 Å². The van der Waals surface area contributed by atoms with Gasteiger partial charge in [0.2, 0.25) is 0 Å². The Hall–Kier alpha value is -2.65. The third kappa shape index (κ3) is 3.46. The van der Waals surface area contributed by atoms with Crippen LogP contribution >= 0.6 is 0 Å². The molecule has 2 fully saturated rings. The van der Waals surface area contributed by atoms with Crippen LogP contribution < -0.4 is 0 Å². The molecule has 1 aromatic heterocycles. The number of hydrogen-bond donors (Lipinski definition) is 2. The lowest BCUT2D eigenvalue weighted by Crippen LogP contribution is -2.79. The summed E-state index contributed by atoms with van der Waals surface area (Å²) in [7, 11) is 0. The maximum atomic E-state index is 12.6. The summed E-state index contributed by atoms with van der Waals surface area (Å²) in [6.07, 6.45) is -1.36. The quantitative estimate of drug-likeness (QED) is 0.372. The van der Waals surface area contributed by atoms with Gasteiger partial charge in [-0.25, -0.2) is 0 Å². The maximum absolute atomic E-state index is 12.6. The zero-order chi connectivity index (χ0) is 26.1. The van der Waals surface area contributed by atoms with E-state index < -0.39 is 70.6 Å². The van der Waals surface area contributed by atoms with Gasteiger partial charge in [0, 0.05) is 56.4 Å². The molecule has 2 N–H and O–H groups in total. The molecule has 0 unspecified atom stereocenters. The highest BCUT2D eigenvalue weighted by molar-refractivity contribution is 5.68. The number of rotatable bonds is 3. The van der Waals surface area contributed by atoms with E-state index in [1.807, 2.05) is 0 Å². The Morgan fingerprint density at radius 2 is 1.63 bits per heavy atom. The second-order valence-electron chi connectivity index (χ2n) is 10.6. The molecule has 9 heteroatoms. The standard InChI is InChI=1S/C26H34O9/c1-12-10-20(33-14(3)27)24(6)18-11-19-17(8-9-32-19)25(7,30)21(18)22(34-15(4)28)23(35-16(5)29)26(24,31)13(12)2/h8-9,13,18,20-23,30-31H,1,10-11H2,2-7H3/t13-,18+,20+,21-,22-,23+,24-,25-,26+/m1/s1. The van der Waals surface area contributed by atoms with Gasteiger partial charge in [-0.3, -0.25) is 14.4 Å². The fourth-order valence-corrected chi connectivity index (χ4v) is 7.20. The normalized spacial score (nSPS) is 42.2. The summed E-state index contributed by atoms with van der Waals surface area (Å²) >= 11 is 0. The van der Waals surface area contributed by atoms with Crippen LogP contribution in [0.4, 0.5) is 0 Å². The minimum absolute atomic E-state index is 0.279. The minimum atomic E-state index is -1.85. The maximum Gasteiger partial charge on any atom is 0.303 e. The summed E-state index contributed by atoms with van der Waals surface area (Å²) in [5.74, 6) is -3.36. The molecule has 4 rings (SSSR count). The average Bonchev–Trinajstić information content (AvgIpc) is 3.21. The van der Waals surface area contributed by atoms with Gasteiger partial charge in [0.15, 0.2) is 6.10 Å². The number of aliphatic hydroxyl groups is 2. The Kier molecular flexibility index (Phi) is 5.96. The third-order valence-corrected chi connectivity index (χ3v) is 8.79. The third-order valence-electron chi connectivity index (χ3n) is 8.79. The molecule has 1 heterocycles. The molecule has 0 bridgehead atoms. The number of ether oxygens (including phenoxy) is 3. The number of hydrogen-bond acceptors (Lipinski definition) is 9. The number of carbonyl (C=O) groups is 3. The van der Waals surface area contributed by atoms with Crippen LogP contribution in [-0.2, 0) is 40.6 Å². The lowest BCUT2D eigenvalue weighted by molar-refractivity contribution is -0.326. The van der Waals surface area contributed by atoms with E-state index in [2.05, 4.69) is 6.58 Å². The number of esters is 3. The fraction of sp³-hybridized carbons (Fsp3) is 0.654. The van der Waals surface area contributed by atoms with Gasteiger partial charge in [-0.15, -0.1) is 0 Å². The van der Waals surface area contributed by atoms with Crippen molar-refractivity contribution in [1.82, 2.24) is 0 Å². The SMILES string of the molecule is C=C1C[C@H](OC(C)=O)[C@@]2(C)[C@H]3Cc4occc4[C@@](C)(O)[C@H]3[C@@H](OC(C)=O)[C@H](OC(C)=O)[C@@]2(O)[C@@H]1C. The summed E-state index contributed by atoms with van der Waals surface area (Å²) in [5.41, 5.74) is -3.53. The Bertz CT molecular complexity index is 1070. The van der Waals surface area contributed by atoms with Crippen molar-refractivity contribution in [1.29, 1.82) is 0 Å². The van der Waals surface area contributed by atoms with Gasteiger partial charge in [-0.1, -0.05) is 26.0 Å². The van der Waals surface area contributed by atoms with Crippen molar-refractivity contribution < 1.29 is 43.2 Å². The van der Waals surface area contributed by atoms with Crippen LogP contribution in [-0.4, -0.2) is 52.0 Å². The molecule has 0 amide bonds. The van der Waals surface area contributed by atoms with Crippen molar-refractivity contribution in [3.05, 3.63) is 35.8 Å². The first-order chi connectivity index (χ1) is 16.2. The predicted octanol–water partition coefficient (Wildman–Crippen LogP) is 2.42. The van der Waals surface area contributed by atoms with E-state index in [1.165, 1.54) is 27.0 Å². The van der Waals surface area contributed by atoms with Gasteiger partial charge in [0.25, 0.3) is 0 Å². The van der Waals surface area contributed by atoms with Crippen LogP contribution in [0.25, 0.3) is 0 Å². The van der Waals surface area contributed by atoms with E-state index in [4.69, 9.17) is 18.6 Å². The van der Waals surface area contributed by atoms with Crippen molar-refractivity contribution >= 4 is 17.9 Å². The first-order valence-corrected chi connectivity index (χ1v) is 11.9. The van der Waals surface area contributed by atoms with E-state index in [1.54, 1.807) is 26.8 Å². The van der Waals surface area contributed by atoms with Crippen LogP contribution in [0.1, 0.15) is 59.3 Å². The summed E-state index contributed by atoms with van der Waals surface area (Å²) in [6, 6.07) is 1.66. The first kappa shape index (κ1) is 25.4. The number of carbonyl (C=O) groups excluding carboxylic acids is 3. The van der Waals surface area contributed by atoms with Gasteiger partial charge in [-0.2, -0.15) is 0 Å². The molecule has 9 atom stereocenters. The molecule has 9 nitrogen and oxygen atoms in total. The molecule has 3 aliphatic rings. The van der Waals surface area contributed by atoms with Gasteiger partial charge in [0.1, 0.15) is 23.6 Å². The molecule has 0 aromatic carbocycles. The van der Waals surface area contributed by atoms with Crippen molar-refractivity contribution in [3.8, 4) is 0 Å². The smallest absolute Gasteiger partial charge is 0.303 e. The Morgan fingerprint density at radius 1 is 1.03 bits per heavy atom. The minimum Gasteiger partial charge on any atom is -0.469 e. The number of furan rings is 1. The van der Waals surface area contributed by atoms with Gasteiger partial charge in [-0.05, 0) is 18.9 Å². The molecular formula is C26H34O9. The first-order valence-electron chi connectivity index (χ1n) is 11.9. The van der Waals surface area contributed by atoms with Crippen molar-refractivity contribution in [2.24, 2.45) is 23.2 Å². The molecule has 0 spiro atoms. The van der Waals surface area contributed by atoms with E-state index in [0.717, 1.165) is 0 Å². The van der Waals surface area contributed by atoms with Crippen LogP contribution in [0.5, 0.6) is 0 Å². The van der Waals surface area contributed by atoms with Crippen molar-refractivity contribution in [2.45, 2.75) is 83.9 Å². The highest BCUT2D eigenvalue weighted by Gasteiger charge is 2.76. The molecule has 0 aliphatic heterocycles. The predicted molar refractivity (Wildman–Crippen MR) is 122 cm³/mol. The van der Waals surface area contributed by atoms with Crippen LogP contribution in [0.15, 0.2) is 28.9 Å². The largest absolute Gasteiger partial charge is 0.469 e. The molecular weight excluding hydrogens is 456 g/mol. The van der Waals surface area contributed by atoms with Gasteiger partial charge >= 0.3 is 17.9 Å². The average molecular weight is 491 g/mol. The summed E-state index contributed by atoms with van der Waals surface area (Å²) < 4.78 is 23.0. The second-order valence-corrected chi connectivity index (χ2v) is 10.6. The molecule has 3 aliphatic carbocycles. The topological polar surface area (TPSA) is 132 Å². The number of fused-ring (bicyclic) bond motifs is 4. The zero-order valence-corrected chi connectivity index (χ0v) is 21.0. The molecule has 1 aromatic rings. The van der Waals surface area contributed by atoms with Crippen molar-refractivity contribution in [2.75, 3.05) is 0 Å². The van der Waals surface area contributed by atoms with E-state index in [0.29, 0.717) is 16.9 Å². The van der Waals surface area contributed by atoms with Crippen molar-refractivity contribution in [3.63, 3.8) is 0 Å². The second kappa shape index (κ2) is 8.20. The molecule has 2 saturated carbocycles. The van der Waals surface area contributed by atoms with E-state index in [-0.39, 0.29) is 12.8 Å². The monoisotopic (exact) mass is 490 g/mol. The fourth-order valence-electron chi connectivity index (χ4n) is 7.20. The Balaban J connectivity index is 2.04. The van der Waals surface area contributed by atoms with Gasteiger partial charge in [0.05, 0.1) is 11.9 Å². The van der Waals surface area contributed by atoms with E-state index in [9.17, 15) is 24.6 Å². The molecule has 192 valence electrons. The highest BCUT2D eigenvalue weighted by Crippen LogP contribution is 2.66. The van der Waals surface area contributed by atoms with Crippen LogP contribution in [0.3, 0.4) is 0 Å². The van der Waals surface area contributed by atoms with E-state index >= 15 is 0 Å². The Labute approximate surface area is 204 Å². The summed E-state index contributed by atoms with van der Waals surface area (Å²) in [5, 5.41) is 24.6. The van der Waals surface area contributed by atoms with Crippen LogP contribution in [0.2, 0.25) is 0 Å². The summed E-state index contributed by atoms with van der Waals surface area (Å²) in [6.45, 7) is 13.0. The molecule has 0 radical (unpaired) electrons. The Morgan fingerprint density at radius 3 is 2.20 bits per heavy atom. The lowest BCUT2D eigenvalue weighted by atomic mass is 9.41. The van der Waals surface area contributed by atoms with Gasteiger partial charge < -0.3 is 28.8 Å². The molecule has 35 heavy (non-hydrogen) atoms.